The Kier molecular flexibility index (Phi) is 1.88. The molecule has 6 heteroatoms. The van der Waals surface area contributed by atoms with Gasteiger partial charge in [-0.1, -0.05) is 11.6 Å². The van der Waals surface area contributed by atoms with E-state index in [-0.39, 0.29) is 18.1 Å². The number of halogens is 3. The molecule has 0 saturated heterocycles. The summed E-state index contributed by atoms with van der Waals surface area (Å²) >= 11 is 5.75. The SMILES string of the molecule is Cn1cnc(Cl)c1C1(CN)CC1(F)F. The van der Waals surface area contributed by atoms with Gasteiger partial charge in [0.05, 0.1) is 17.4 Å². The molecule has 0 radical (unpaired) electrons. The van der Waals surface area contributed by atoms with Crippen LogP contribution in [0.25, 0.3) is 0 Å². The van der Waals surface area contributed by atoms with E-state index in [0.717, 1.165) is 0 Å². The van der Waals surface area contributed by atoms with E-state index in [0.29, 0.717) is 5.69 Å². The molecular formula is C8H10ClF2N3. The van der Waals surface area contributed by atoms with Crippen molar-refractivity contribution in [1.29, 1.82) is 0 Å². The summed E-state index contributed by atoms with van der Waals surface area (Å²) in [4.78, 5) is 3.78. The molecule has 78 valence electrons. The van der Waals surface area contributed by atoms with Crippen molar-refractivity contribution < 1.29 is 8.78 Å². The van der Waals surface area contributed by atoms with Gasteiger partial charge in [0.15, 0.2) is 5.15 Å². The van der Waals surface area contributed by atoms with E-state index >= 15 is 0 Å². The summed E-state index contributed by atoms with van der Waals surface area (Å²) in [5, 5.41) is 0.120. The van der Waals surface area contributed by atoms with Gasteiger partial charge < -0.3 is 10.3 Å². The summed E-state index contributed by atoms with van der Waals surface area (Å²) in [5.74, 6) is -2.75. The molecule has 2 rings (SSSR count). The zero-order valence-electron chi connectivity index (χ0n) is 7.60. The first kappa shape index (κ1) is 9.86. The molecule has 2 N–H and O–H groups in total. The lowest BCUT2D eigenvalue weighted by atomic mass is 10.0. The van der Waals surface area contributed by atoms with Gasteiger partial charge in [0, 0.05) is 20.0 Å². The largest absolute Gasteiger partial charge is 0.336 e. The maximum absolute atomic E-state index is 13.2. The summed E-state index contributed by atoms with van der Waals surface area (Å²) in [6.07, 6.45) is 1.18. The summed E-state index contributed by atoms with van der Waals surface area (Å²) in [6, 6.07) is 0. The molecule has 1 aliphatic rings. The number of alkyl halides is 2. The van der Waals surface area contributed by atoms with Gasteiger partial charge in [-0.05, 0) is 0 Å². The Labute approximate surface area is 84.9 Å². The van der Waals surface area contributed by atoms with Crippen molar-refractivity contribution in [2.75, 3.05) is 6.54 Å². The van der Waals surface area contributed by atoms with E-state index in [9.17, 15) is 8.78 Å². The minimum atomic E-state index is -2.75. The van der Waals surface area contributed by atoms with Crippen LogP contribution in [0, 0.1) is 0 Å². The fraction of sp³-hybridized carbons (Fsp3) is 0.625. The number of nitrogens with zero attached hydrogens (tertiary/aromatic N) is 2. The average molecular weight is 222 g/mol. The number of imidazole rings is 1. The second-order valence-corrected chi connectivity index (χ2v) is 4.02. The van der Waals surface area contributed by atoms with Gasteiger partial charge in [0.1, 0.15) is 0 Å². The van der Waals surface area contributed by atoms with E-state index in [2.05, 4.69) is 4.98 Å². The first-order valence-corrected chi connectivity index (χ1v) is 4.57. The Morgan fingerprint density at radius 1 is 1.71 bits per heavy atom. The molecule has 0 amide bonds. The third kappa shape index (κ3) is 1.02. The number of hydrogen-bond donors (Lipinski definition) is 1. The van der Waals surface area contributed by atoms with Gasteiger partial charge in [-0.3, -0.25) is 0 Å². The number of hydrogen-bond acceptors (Lipinski definition) is 2. The second kappa shape index (κ2) is 2.67. The fourth-order valence-electron chi connectivity index (χ4n) is 1.85. The van der Waals surface area contributed by atoms with Crippen molar-refractivity contribution in [2.24, 2.45) is 12.8 Å². The van der Waals surface area contributed by atoms with Gasteiger partial charge in [-0.15, -0.1) is 0 Å². The Morgan fingerprint density at radius 2 is 2.29 bits per heavy atom. The molecule has 1 atom stereocenters. The highest BCUT2D eigenvalue weighted by Gasteiger charge is 2.73. The van der Waals surface area contributed by atoms with Crippen molar-refractivity contribution in [3.8, 4) is 0 Å². The third-order valence-corrected chi connectivity index (χ3v) is 3.07. The zero-order valence-corrected chi connectivity index (χ0v) is 8.35. The normalized spacial score (nSPS) is 29.2. The average Bonchev–Trinajstić information content (AvgIpc) is 2.49. The summed E-state index contributed by atoms with van der Waals surface area (Å²) in [6.45, 7) is -0.112. The van der Waals surface area contributed by atoms with Crippen LogP contribution in [0.2, 0.25) is 5.15 Å². The standard InChI is InChI=1S/C8H10ClF2N3/c1-14-4-13-6(9)5(14)7(3-12)2-8(7,10)11/h4H,2-3,12H2,1H3. The van der Waals surface area contributed by atoms with Gasteiger partial charge >= 0.3 is 0 Å². The predicted octanol–water partition coefficient (Wildman–Crippen LogP) is 1.31. The van der Waals surface area contributed by atoms with E-state index < -0.39 is 11.3 Å². The lowest BCUT2D eigenvalue weighted by Gasteiger charge is -2.14. The minimum Gasteiger partial charge on any atom is -0.336 e. The monoisotopic (exact) mass is 221 g/mol. The number of aromatic nitrogens is 2. The van der Waals surface area contributed by atoms with Crippen LogP contribution >= 0.6 is 11.6 Å². The zero-order chi connectivity index (χ0) is 10.6. The van der Waals surface area contributed by atoms with Crippen LogP contribution < -0.4 is 5.73 Å². The molecule has 0 aromatic carbocycles. The van der Waals surface area contributed by atoms with E-state index in [1.54, 1.807) is 7.05 Å². The molecule has 1 aromatic heterocycles. The van der Waals surface area contributed by atoms with Crippen LogP contribution in [0.4, 0.5) is 8.78 Å². The molecule has 1 unspecified atom stereocenters. The van der Waals surface area contributed by atoms with Gasteiger partial charge in [-0.25, -0.2) is 13.8 Å². The summed E-state index contributed by atoms with van der Waals surface area (Å²) < 4.78 is 27.9. The van der Waals surface area contributed by atoms with E-state index in [4.69, 9.17) is 17.3 Å². The summed E-state index contributed by atoms with van der Waals surface area (Å²) in [5.41, 5.74) is 4.44. The Morgan fingerprint density at radius 3 is 2.57 bits per heavy atom. The quantitative estimate of drug-likeness (QED) is 0.819. The first-order chi connectivity index (χ1) is 6.44. The second-order valence-electron chi connectivity index (χ2n) is 3.66. The van der Waals surface area contributed by atoms with Gasteiger partial charge in [-0.2, -0.15) is 0 Å². The molecule has 0 aliphatic heterocycles. The highest BCUT2D eigenvalue weighted by molar-refractivity contribution is 6.30. The number of aryl methyl sites for hydroxylation is 1. The summed E-state index contributed by atoms with van der Waals surface area (Å²) in [7, 11) is 1.64. The third-order valence-electron chi connectivity index (χ3n) is 2.79. The Balaban J connectivity index is 2.50. The van der Waals surface area contributed by atoms with E-state index in [1.807, 2.05) is 0 Å². The highest BCUT2D eigenvalue weighted by Crippen LogP contribution is 2.61. The van der Waals surface area contributed by atoms with Crippen LogP contribution in [0.5, 0.6) is 0 Å². The maximum Gasteiger partial charge on any atom is 0.261 e. The molecule has 1 aliphatic carbocycles. The molecule has 1 saturated carbocycles. The smallest absolute Gasteiger partial charge is 0.261 e. The molecule has 1 heterocycles. The van der Waals surface area contributed by atoms with Gasteiger partial charge in [0.25, 0.3) is 5.92 Å². The van der Waals surface area contributed by atoms with Crippen molar-refractivity contribution in [3.63, 3.8) is 0 Å². The molecule has 3 nitrogen and oxygen atoms in total. The molecule has 1 fully saturated rings. The van der Waals surface area contributed by atoms with Crippen LogP contribution in [0.1, 0.15) is 12.1 Å². The Bertz CT molecular complexity index is 357. The lowest BCUT2D eigenvalue weighted by Crippen LogP contribution is -2.29. The van der Waals surface area contributed by atoms with Crippen molar-refractivity contribution in [2.45, 2.75) is 17.8 Å². The van der Waals surface area contributed by atoms with Crippen LogP contribution in [0.15, 0.2) is 6.33 Å². The molecule has 1 aromatic rings. The maximum atomic E-state index is 13.2. The van der Waals surface area contributed by atoms with E-state index in [1.165, 1.54) is 10.9 Å². The lowest BCUT2D eigenvalue weighted by molar-refractivity contribution is 0.0879. The molecular weight excluding hydrogens is 212 g/mol. The van der Waals surface area contributed by atoms with Gasteiger partial charge in [0.2, 0.25) is 0 Å². The van der Waals surface area contributed by atoms with Crippen molar-refractivity contribution >= 4 is 11.6 Å². The van der Waals surface area contributed by atoms with Crippen LogP contribution in [-0.4, -0.2) is 22.0 Å². The van der Waals surface area contributed by atoms with Crippen LogP contribution in [-0.2, 0) is 12.5 Å². The predicted molar refractivity (Wildman–Crippen MR) is 48.5 cm³/mol. The number of nitrogens with two attached hydrogens (primary N) is 1. The molecule has 0 spiro atoms. The first-order valence-electron chi connectivity index (χ1n) is 4.20. The Hall–Kier alpha value is -0.680. The highest BCUT2D eigenvalue weighted by atomic mass is 35.5. The van der Waals surface area contributed by atoms with Crippen molar-refractivity contribution in [1.82, 2.24) is 9.55 Å². The molecule has 0 bridgehead atoms. The minimum absolute atomic E-state index is 0.112. The van der Waals surface area contributed by atoms with Crippen LogP contribution in [0.3, 0.4) is 0 Å². The fourth-order valence-corrected chi connectivity index (χ4v) is 2.20. The molecule has 14 heavy (non-hydrogen) atoms. The van der Waals surface area contributed by atoms with Crippen molar-refractivity contribution in [3.05, 3.63) is 17.2 Å². The number of rotatable bonds is 2. The topological polar surface area (TPSA) is 43.8 Å².